The third-order valence-electron chi connectivity index (χ3n) is 5.40. The van der Waals surface area contributed by atoms with Gasteiger partial charge in [-0.15, -0.1) is 0 Å². The number of imidazole rings is 1. The SMILES string of the molecule is CC(c1ccccc1)n1c(CN2CCCCCC2)nc2ccccc21. The van der Waals surface area contributed by atoms with Gasteiger partial charge in [0.05, 0.1) is 23.6 Å². The van der Waals surface area contributed by atoms with Gasteiger partial charge in [-0.2, -0.15) is 0 Å². The van der Waals surface area contributed by atoms with Crippen molar-refractivity contribution in [3.63, 3.8) is 0 Å². The first-order valence-electron chi connectivity index (χ1n) is 9.56. The van der Waals surface area contributed by atoms with Crippen LogP contribution in [0.3, 0.4) is 0 Å². The molecule has 0 aliphatic carbocycles. The molecule has 3 heteroatoms. The van der Waals surface area contributed by atoms with E-state index >= 15 is 0 Å². The van der Waals surface area contributed by atoms with Gasteiger partial charge in [-0.3, -0.25) is 4.90 Å². The van der Waals surface area contributed by atoms with Gasteiger partial charge in [0.15, 0.2) is 0 Å². The monoisotopic (exact) mass is 333 g/mol. The number of para-hydroxylation sites is 2. The Morgan fingerprint density at radius 1 is 0.880 bits per heavy atom. The van der Waals surface area contributed by atoms with Gasteiger partial charge in [0.25, 0.3) is 0 Å². The van der Waals surface area contributed by atoms with Crippen LogP contribution in [0.4, 0.5) is 0 Å². The first-order valence-corrected chi connectivity index (χ1v) is 9.56. The Bertz CT molecular complexity index is 814. The van der Waals surface area contributed by atoms with Crippen LogP contribution in [0.2, 0.25) is 0 Å². The summed E-state index contributed by atoms with van der Waals surface area (Å²) in [6, 6.07) is 19.6. The minimum absolute atomic E-state index is 0.288. The summed E-state index contributed by atoms with van der Waals surface area (Å²) in [4.78, 5) is 7.59. The first-order chi connectivity index (χ1) is 12.3. The van der Waals surface area contributed by atoms with E-state index in [9.17, 15) is 0 Å². The highest BCUT2D eigenvalue weighted by Crippen LogP contribution is 2.27. The van der Waals surface area contributed by atoms with Crippen LogP contribution in [0.15, 0.2) is 54.6 Å². The maximum atomic E-state index is 5.01. The molecule has 1 aromatic heterocycles. The van der Waals surface area contributed by atoms with Crippen molar-refractivity contribution in [1.29, 1.82) is 0 Å². The van der Waals surface area contributed by atoms with Crippen molar-refractivity contribution < 1.29 is 0 Å². The molecule has 1 saturated heterocycles. The Kier molecular flexibility index (Phi) is 4.84. The van der Waals surface area contributed by atoms with Crippen LogP contribution in [0.25, 0.3) is 11.0 Å². The Morgan fingerprint density at radius 3 is 2.32 bits per heavy atom. The van der Waals surface area contributed by atoms with Crippen LogP contribution in [0.5, 0.6) is 0 Å². The van der Waals surface area contributed by atoms with Gasteiger partial charge < -0.3 is 4.57 Å². The number of aromatic nitrogens is 2. The van der Waals surface area contributed by atoms with Gasteiger partial charge in [-0.1, -0.05) is 55.3 Å². The molecule has 3 aromatic rings. The van der Waals surface area contributed by atoms with E-state index in [1.807, 2.05) is 0 Å². The molecule has 1 aliphatic rings. The van der Waals surface area contributed by atoms with Crippen molar-refractivity contribution in [1.82, 2.24) is 14.5 Å². The summed E-state index contributed by atoms with van der Waals surface area (Å²) in [7, 11) is 0. The third kappa shape index (κ3) is 3.47. The Labute approximate surface area is 150 Å². The van der Waals surface area contributed by atoms with Crippen molar-refractivity contribution in [2.24, 2.45) is 0 Å². The fraction of sp³-hybridized carbons (Fsp3) is 0.409. The smallest absolute Gasteiger partial charge is 0.124 e. The molecule has 130 valence electrons. The Hall–Kier alpha value is -2.13. The van der Waals surface area contributed by atoms with Gasteiger partial charge in [-0.05, 0) is 50.6 Å². The molecule has 25 heavy (non-hydrogen) atoms. The van der Waals surface area contributed by atoms with Gasteiger partial charge >= 0.3 is 0 Å². The van der Waals surface area contributed by atoms with Crippen molar-refractivity contribution in [2.75, 3.05) is 13.1 Å². The average molecular weight is 333 g/mol. The molecular weight excluding hydrogens is 306 g/mol. The molecule has 2 aromatic carbocycles. The fourth-order valence-corrected chi connectivity index (χ4v) is 4.01. The van der Waals surface area contributed by atoms with Gasteiger partial charge in [0.2, 0.25) is 0 Å². The van der Waals surface area contributed by atoms with Crippen LogP contribution < -0.4 is 0 Å². The molecule has 4 rings (SSSR count). The highest BCUT2D eigenvalue weighted by Gasteiger charge is 2.19. The van der Waals surface area contributed by atoms with Crippen molar-refractivity contribution in [2.45, 2.75) is 45.2 Å². The van der Waals surface area contributed by atoms with E-state index in [-0.39, 0.29) is 6.04 Å². The van der Waals surface area contributed by atoms with Crippen LogP contribution in [0.1, 0.15) is 50.0 Å². The number of hydrogen-bond acceptors (Lipinski definition) is 2. The summed E-state index contributed by atoms with van der Waals surface area (Å²) in [5.41, 5.74) is 3.68. The van der Waals surface area contributed by atoms with Crippen LogP contribution in [0, 0.1) is 0 Å². The molecule has 1 atom stereocenters. The van der Waals surface area contributed by atoms with E-state index < -0.39 is 0 Å². The lowest BCUT2D eigenvalue weighted by Crippen LogP contribution is -2.26. The van der Waals surface area contributed by atoms with Crippen molar-refractivity contribution in [3.8, 4) is 0 Å². The van der Waals surface area contributed by atoms with Gasteiger partial charge in [0, 0.05) is 0 Å². The number of nitrogens with zero attached hydrogens (tertiary/aromatic N) is 3. The number of fused-ring (bicyclic) bond motifs is 1. The Balaban J connectivity index is 1.73. The number of hydrogen-bond donors (Lipinski definition) is 0. The van der Waals surface area contributed by atoms with Crippen LogP contribution in [-0.4, -0.2) is 27.5 Å². The topological polar surface area (TPSA) is 21.1 Å². The highest BCUT2D eigenvalue weighted by molar-refractivity contribution is 5.76. The normalized spacial score (nSPS) is 17.5. The second-order valence-electron chi connectivity index (χ2n) is 7.16. The lowest BCUT2D eigenvalue weighted by atomic mass is 10.1. The summed E-state index contributed by atoms with van der Waals surface area (Å²) >= 11 is 0. The summed E-state index contributed by atoms with van der Waals surface area (Å²) in [6.45, 7) is 5.63. The van der Waals surface area contributed by atoms with Gasteiger partial charge in [0.1, 0.15) is 5.82 Å². The van der Waals surface area contributed by atoms with E-state index in [1.54, 1.807) is 0 Å². The molecule has 0 amide bonds. The highest BCUT2D eigenvalue weighted by atomic mass is 15.2. The van der Waals surface area contributed by atoms with Gasteiger partial charge in [-0.25, -0.2) is 4.98 Å². The minimum atomic E-state index is 0.288. The molecule has 1 aliphatic heterocycles. The van der Waals surface area contributed by atoms with E-state index in [4.69, 9.17) is 4.98 Å². The predicted octanol–water partition coefficient (Wildman–Crippen LogP) is 5.02. The molecule has 0 N–H and O–H groups in total. The summed E-state index contributed by atoms with van der Waals surface area (Å²) in [5.74, 6) is 1.19. The van der Waals surface area contributed by atoms with E-state index in [1.165, 1.54) is 55.7 Å². The maximum absolute atomic E-state index is 5.01. The summed E-state index contributed by atoms with van der Waals surface area (Å²) < 4.78 is 2.44. The molecule has 1 fully saturated rings. The van der Waals surface area contributed by atoms with E-state index in [2.05, 4.69) is 71.0 Å². The third-order valence-corrected chi connectivity index (χ3v) is 5.40. The van der Waals surface area contributed by atoms with Crippen molar-refractivity contribution >= 4 is 11.0 Å². The summed E-state index contributed by atoms with van der Waals surface area (Å²) in [6.07, 6.45) is 5.36. The zero-order valence-corrected chi connectivity index (χ0v) is 15.1. The number of benzene rings is 2. The second kappa shape index (κ2) is 7.40. The van der Waals surface area contributed by atoms with E-state index in [0.29, 0.717) is 0 Å². The summed E-state index contributed by atoms with van der Waals surface area (Å²) in [5, 5.41) is 0. The molecular formula is C22H27N3. The predicted molar refractivity (Wildman–Crippen MR) is 104 cm³/mol. The van der Waals surface area contributed by atoms with Crippen molar-refractivity contribution in [3.05, 3.63) is 66.0 Å². The first kappa shape index (κ1) is 16.3. The van der Waals surface area contributed by atoms with E-state index in [0.717, 1.165) is 12.1 Å². The number of likely N-dealkylation sites (tertiary alicyclic amines) is 1. The quantitative estimate of drug-likeness (QED) is 0.668. The zero-order chi connectivity index (χ0) is 17.1. The molecule has 2 heterocycles. The lowest BCUT2D eigenvalue weighted by Gasteiger charge is -2.23. The molecule has 0 bridgehead atoms. The minimum Gasteiger partial charge on any atom is -0.320 e. The molecule has 1 unspecified atom stereocenters. The largest absolute Gasteiger partial charge is 0.320 e. The number of rotatable bonds is 4. The molecule has 0 radical (unpaired) electrons. The average Bonchev–Trinajstić information content (AvgIpc) is 2.81. The van der Waals surface area contributed by atoms with Crippen LogP contribution >= 0.6 is 0 Å². The lowest BCUT2D eigenvalue weighted by molar-refractivity contribution is 0.265. The molecule has 3 nitrogen and oxygen atoms in total. The second-order valence-corrected chi connectivity index (χ2v) is 7.16. The maximum Gasteiger partial charge on any atom is 0.124 e. The fourth-order valence-electron chi connectivity index (χ4n) is 4.01. The standard InChI is InChI=1S/C22H27N3/c1-18(19-11-5-4-6-12-19)25-21-14-8-7-13-20(21)23-22(25)17-24-15-9-2-3-10-16-24/h4-8,11-14,18H,2-3,9-10,15-17H2,1H3. The molecule has 0 spiro atoms. The zero-order valence-electron chi connectivity index (χ0n) is 15.1. The van der Waals surface area contributed by atoms with Crippen LogP contribution in [-0.2, 0) is 6.54 Å². The Morgan fingerprint density at radius 2 is 1.56 bits per heavy atom. The molecule has 0 saturated carbocycles.